The summed E-state index contributed by atoms with van der Waals surface area (Å²) < 4.78 is 5.23. The highest BCUT2D eigenvalue weighted by Crippen LogP contribution is 2.27. The van der Waals surface area contributed by atoms with Crippen molar-refractivity contribution in [2.75, 3.05) is 23.2 Å². The van der Waals surface area contributed by atoms with Gasteiger partial charge >= 0.3 is 0 Å². The van der Waals surface area contributed by atoms with E-state index in [1.54, 1.807) is 25.5 Å². The Hall–Kier alpha value is -6.10. The number of hydrogen-bond donors (Lipinski definition) is 3. The zero-order chi connectivity index (χ0) is 28.9. The third-order valence-corrected chi connectivity index (χ3v) is 6.49. The van der Waals surface area contributed by atoms with Crippen LogP contribution in [0.3, 0.4) is 0 Å². The topological polar surface area (TPSA) is 139 Å². The van der Waals surface area contributed by atoms with Gasteiger partial charge in [-0.2, -0.15) is 20.1 Å². The number of methoxy groups -OCH3 is 1. The van der Waals surface area contributed by atoms with Gasteiger partial charge in [-0.25, -0.2) is 5.43 Å². The first-order chi connectivity index (χ1) is 20.6. The Labute approximate surface area is 240 Å². The molecule has 0 saturated carbocycles. The molecule has 11 heteroatoms. The molecule has 0 saturated heterocycles. The fourth-order valence-corrected chi connectivity index (χ4v) is 4.48. The highest BCUT2D eigenvalue weighted by molar-refractivity contribution is 6.13. The number of nitrogens with zero attached hydrogens (tertiary/aromatic N) is 5. The minimum Gasteiger partial charge on any atom is -0.497 e. The Bertz CT molecular complexity index is 1870. The first kappa shape index (κ1) is 26.1. The van der Waals surface area contributed by atoms with Crippen molar-refractivity contribution in [2.45, 2.75) is 0 Å². The van der Waals surface area contributed by atoms with Crippen molar-refractivity contribution in [3.8, 4) is 5.75 Å². The molecule has 0 fully saturated rings. The second-order valence-corrected chi connectivity index (χ2v) is 9.19. The molecule has 0 amide bonds. The van der Waals surface area contributed by atoms with E-state index in [0.29, 0.717) is 5.69 Å². The number of nitrogens with one attached hydrogen (secondary N) is 3. The van der Waals surface area contributed by atoms with Crippen molar-refractivity contribution in [1.29, 1.82) is 0 Å². The van der Waals surface area contributed by atoms with E-state index >= 15 is 0 Å². The minimum atomic E-state index is -0.456. The van der Waals surface area contributed by atoms with E-state index < -0.39 is 4.92 Å². The number of nitro benzene ring substituents is 1. The van der Waals surface area contributed by atoms with Gasteiger partial charge in [-0.3, -0.25) is 10.1 Å². The molecule has 0 unspecified atom stereocenters. The Balaban J connectivity index is 1.32. The fraction of sp³-hybridized carbons (Fsp3) is 0.0323. The van der Waals surface area contributed by atoms with E-state index in [-0.39, 0.29) is 23.5 Å². The molecular weight excluding hydrogens is 532 g/mol. The van der Waals surface area contributed by atoms with Crippen LogP contribution in [-0.2, 0) is 0 Å². The number of hydrazone groups is 1. The molecule has 0 spiro atoms. The predicted molar refractivity (Wildman–Crippen MR) is 165 cm³/mol. The molecule has 0 atom stereocenters. The van der Waals surface area contributed by atoms with Crippen LogP contribution < -0.4 is 20.8 Å². The Kier molecular flexibility index (Phi) is 7.20. The third-order valence-electron chi connectivity index (χ3n) is 6.49. The van der Waals surface area contributed by atoms with Gasteiger partial charge in [0, 0.05) is 29.1 Å². The Morgan fingerprint density at radius 2 is 1.26 bits per heavy atom. The lowest BCUT2D eigenvalue weighted by atomic mass is 9.97. The van der Waals surface area contributed by atoms with Gasteiger partial charge < -0.3 is 15.4 Å². The largest absolute Gasteiger partial charge is 0.497 e. The molecule has 6 rings (SSSR count). The van der Waals surface area contributed by atoms with Gasteiger partial charge in [0.2, 0.25) is 17.8 Å². The van der Waals surface area contributed by atoms with Crippen LogP contribution in [0.4, 0.5) is 34.9 Å². The summed E-state index contributed by atoms with van der Waals surface area (Å²) in [6, 6.07) is 31.7. The number of non-ortho nitro benzene ring substituents is 1. The van der Waals surface area contributed by atoms with E-state index in [9.17, 15) is 10.1 Å². The van der Waals surface area contributed by atoms with Crippen molar-refractivity contribution in [3.63, 3.8) is 0 Å². The maximum Gasteiger partial charge on any atom is 0.269 e. The van der Waals surface area contributed by atoms with Crippen molar-refractivity contribution < 1.29 is 9.66 Å². The summed E-state index contributed by atoms with van der Waals surface area (Å²) in [5, 5.41) is 26.1. The molecule has 1 heterocycles. The van der Waals surface area contributed by atoms with Crippen molar-refractivity contribution >= 4 is 62.7 Å². The van der Waals surface area contributed by atoms with Crippen LogP contribution in [0, 0.1) is 10.1 Å². The van der Waals surface area contributed by atoms with Crippen LogP contribution in [0.15, 0.2) is 108 Å². The van der Waals surface area contributed by atoms with Crippen molar-refractivity contribution in [2.24, 2.45) is 5.10 Å². The number of rotatable bonds is 9. The predicted octanol–water partition coefficient (Wildman–Crippen LogP) is 7.03. The summed E-state index contributed by atoms with van der Waals surface area (Å²) in [4.78, 5) is 24.0. The average molecular weight is 557 g/mol. The van der Waals surface area contributed by atoms with Crippen molar-refractivity contribution in [3.05, 3.63) is 119 Å². The maximum atomic E-state index is 11.0. The van der Waals surface area contributed by atoms with Gasteiger partial charge in [0.25, 0.3) is 5.69 Å². The highest BCUT2D eigenvalue weighted by atomic mass is 16.6. The van der Waals surface area contributed by atoms with Gasteiger partial charge in [-0.1, -0.05) is 48.5 Å². The fourth-order valence-electron chi connectivity index (χ4n) is 4.48. The number of anilines is 5. The number of hydrogen-bond acceptors (Lipinski definition) is 10. The van der Waals surface area contributed by atoms with Gasteiger partial charge in [0.15, 0.2) is 0 Å². The SMILES string of the molecule is COc1ccc(Nc2nc(N/N=C/c3c4ccccc4cc4ccccc34)nc(Nc3ccc([N+](=O)[O-])cc3)n2)cc1. The number of fused-ring (bicyclic) bond motifs is 2. The molecule has 5 aromatic carbocycles. The Morgan fingerprint density at radius 1 is 0.738 bits per heavy atom. The molecule has 0 radical (unpaired) electrons. The van der Waals surface area contributed by atoms with Gasteiger partial charge in [0.05, 0.1) is 18.2 Å². The van der Waals surface area contributed by atoms with Crippen LogP contribution in [0.25, 0.3) is 21.5 Å². The van der Waals surface area contributed by atoms with E-state index in [1.807, 2.05) is 48.5 Å². The first-order valence-electron chi connectivity index (χ1n) is 12.9. The lowest BCUT2D eigenvalue weighted by molar-refractivity contribution is -0.384. The van der Waals surface area contributed by atoms with E-state index in [0.717, 1.165) is 38.5 Å². The van der Waals surface area contributed by atoms with Gasteiger partial charge in [-0.15, -0.1) is 0 Å². The van der Waals surface area contributed by atoms with Crippen molar-refractivity contribution in [1.82, 2.24) is 15.0 Å². The van der Waals surface area contributed by atoms with Crippen LogP contribution in [0.5, 0.6) is 5.75 Å². The summed E-state index contributed by atoms with van der Waals surface area (Å²) in [5.41, 5.74) is 5.19. The average Bonchev–Trinajstić information content (AvgIpc) is 3.01. The van der Waals surface area contributed by atoms with E-state index in [1.165, 1.54) is 12.1 Å². The highest BCUT2D eigenvalue weighted by Gasteiger charge is 2.10. The molecule has 42 heavy (non-hydrogen) atoms. The monoisotopic (exact) mass is 556 g/mol. The normalized spacial score (nSPS) is 11.1. The lowest BCUT2D eigenvalue weighted by Crippen LogP contribution is -2.07. The lowest BCUT2D eigenvalue weighted by Gasteiger charge is -2.11. The molecule has 1 aromatic heterocycles. The Morgan fingerprint density at radius 3 is 1.81 bits per heavy atom. The zero-order valence-electron chi connectivity index (χ0n) is 22.4. The summed E-state index contributed by atoms with van der Waals surface area (Å²) in [6.07, 6.45) is 1.76. The zero-order valence-corrected chi connectivity index (χ0v) is 22.4. The van der Waals surface area contributed by atoms with Gasteiger partial charge in [-0.05, 0) is 64.0 Å². The smallest absolute Gasteiger partial charge is 0.269 e. The number of nitro groups is 1. The van der Waals surface area contributed by atoms with E-state index in [4.69, 9.17) is 4.74 Å². The summed E-state index contributed by atoms with van der Waals surface area (Å²) in [7, 11) is 1.60. The molecule has 0 aliphatic carbocycles. The quantitative estimate of drug-likeness (QED) is 0.0741. The molecule has 0 bridgehead atoms. The van der Waals surface area contributed by atoms with Crippen LogP contribution in [0.1, 0.15) is 5.56 Å². The maximum absolute atomic E-state index is 11.0. The number of ether oxygens (including phenoxy) is 1. The van der Waals surface area contributed by atoms with Gasteiger partial charge in [0.1, 0.15) is 5.75 Å². The minimum absolute atomic E-state index is 0.0179. The third kappa shape index (κ3) is 5.75. The second-order valence-electron chi connectivity index (χ2n) is 9.19. The van der Waals surface area contributed by atoms with Crippen LogP contribution in [-0.4, -0.2) is 33.2 Å². The summed E-state index contributed by atoms with van der Waals surface area (Å²) in [6.45, 7) is 0. The molecule has 0 aliphatic heterocycles. The molecule has 206 valence electrons. The van der Waals surface area contributed by atoms with Crippen LogP contribution in [0.2, 0.25) is 0 Å². The van der Waals surface area contributed by atoms with Crippen LogP contribution >= 0.6 is 0 Å². The summed E-state index contributed by atoms with van der Waals surface area (Å²) in [5.74, 6) is 1.37. The van der Waals surface area contributed by atoms with E-state index in [2.05, 4.69) is 66.4 Å². The second kappa shape index (κ2) is 11.6. The number of benzene rings is 5. The molecule has 0 aliphatic rings. The standard InChI is InChI=1S/C31H24N8O3/c1-42-25-16-12-23(13-17-25)34-30-35-29(33-22-10-14-24(15-11-22)39(40)41)36-31(37-30)38-32-19-28-26-8-4-2-6-20(26)18-21-7-3-5-9-27(21)28/h2-19H,1H3,(H3,33,34,35,36,37,38)/b32-19+. The first-order valence-corrected chi connectivity index (χ1v) is 12.9. The molecular formula is C31H24N8O3. The molecule has 3 N–H and O–H groups in total. The molecule has 6 aromatic rings. The number of aromatic nitrogens is 3. The summed E-state index contributed by atoms with van der Waals surface area (Å²) >= 11 is 0. The molecule has 11 nitrogen and oxygen atoms in total.